The summed E-state index contributed by atoms with van der Waals surface area (Å²) in [5, 5.41) is 1.33. The molecule has 2 heterocycles. The highest BCUT2D eigenvalue weighted by molar-refractivity contribution is 5.80. The van der Waals surface area contributed by atoms with Gasteiger partial charge in [-0.1, -0.05) is 18.2 Å². The molecule has 23 heavy (non-hydrogen) atoms. The molecule has 1 aliphatic carbocycles. The van der Waals surface area contributed by atoms with Gasteiger partial charge in [0, 0.05) is 30.9 Å². The highest BCUT2D eigenvalue weighted by atomic mass is 15.2. The zero-order chi connectivity index (χ0) is 16.0. The van der Waals surface area contributed by atoms with E-state index in [1.54, 1.807) is 5.56 Å². The third-order valence-corrected chi connectivity index (χ3v) is 6.60. The molecule has 2 unspecified atom stereocenters. The Morgan fingerprint density at radius 2 is 1.65 bits per heavy atom. The van der Waals surface area contributed by atoms with Gasteiger partial charge in [-0.25, -0.2) is 0 Å². The topological polar surface area (TPSA) is 3.88 Å². The molecule has 1 aliphatic heterocycles. The Kier molecular flexibility index (Phi) is 2.22. The monoisotopic (exact) mass is 300 g/mol. The van der Waals surface area contributed by atoms with E-state index < -0.39 is 0 Å². The molecule has 1 saturated carbocycles. The van der Waals surface area contributed by atoms with Gasteiger partial charge in [-0.3, -0.25) is 0 Å². The van der Waals surface area contributed by atoms with Crippen LogP contribution >= 0.6 is 0 Å². The first-order valence-electron chi connectivity index (χ1n) is 8.52. The number of para-hydroxylation sites is 1. The number of hydrogen-bond donors (Lipinski definition) is 0. The number of aryl methyl sites for hydroxylation is 2. The summed E-state index contributed by atoms with van der Waals surface area (Å²) < 4.78 is 2.61. The van der Waals surface area contributed by atoms with Crippen molar-refractivity contribution in [3.8, 4) is 11.3 Å². The summed E-state index contributed by atoms with van der Waals surface area (Å²) in [6.45, 7) is 9.34. The fourth-order valence-electron chi connectivity index (χ4n) is 4.79. The number of benzene rings is 2. The van der Waals surface area contributed by atoms with Crippen molar-refractivity contribution >= 4 is 10.9 Å². The molecule has 114 valence electrons. The molecule has 1 nitrogen and oxygen atoms in total. The average molecular weight is 300 g/mol. The summed E-state index contributed by atoms with van der Waals surface area (Å²) >= 11 is 0. The molecule has 5 rings (SSSR count). The molecule has 0 spiro atoms. The summed E-state index contributed by atoms with van der Waals surface area (Å²) in [4.78, 5) is 0. The lowest BCUT2D eigenvalue weighted by atomic mass is 9.82. The number of fused-ring (bicyclic) bond motifs is 8. The highest BCUT2D eigenvalue weighted by Crippen LogP contribution is 2.64. The van der Waals surface area contributed by atoms with Crippen molar-refractivity contribution < 1.29 is 4.57 Å². The van der Waals surface area contributed by atoms with E-state index in [4.69, 9.17) is 0 Å². The summed E-state index contributed by atoms with van der Waals surface area (Å²) in [5.41, 5.74) is 8.94. The Hall–Kier alpha value is -2.15. The van der Waals surface area contributed by atoms with E-state index in [-0.39, 0.29) is 11.0 Å². The first-order chi connectivity index (χ1) is 11.0. The van der Waals surface area contributed by atoms with E-state index in [2.05, 4.69) is 80.8 Å². The summed E-state index contributed by atoms with van der Waals surface area (Å²) in [6.07, 6.45) is 1.22. The Bertz CT molecular complexity index is 1000. The van der Waals surface area contributed by atoms with Gasteiger partial charge in [-0.15, -0.1) is 0 Å². The third kappa shape index (κ3) is 1.42. The largest absolute Gasteiger partial charge is 0.213 e. The van der Waals surface area contributed by atoms with E-state index in [1.165, 1.54) is 39.7 Å². The van der Waals surface area contributed by atoms with Crippen LogP contribution in [0, 0.1) is 13.8 Å². The maximum atomic E-state index is 2.61. The Labute approximate surface area is 137 Å². The molecule has 2 atom stereocenters. The van der Waals surface area contributed by atoms with Gasteiger partial charge in [0.15, 0.2) is 5.54 Å². The second-order valence-electron chi connectivity index (χ2n) is 7.88. The predicted octanol–water partition coefficient (Wildman–Crippen LogP) is 4.80. The molecule has 1 heteroatoms. The van der Waals surface area contributed by atoms with Crippen molar-refractivity contribution in [2.45, 2.75) is 45.1 Å². The Balaban J connectivity index is 1.97. The lowest BCUT2D eigenvalue weighted by Gasteiger charge is -2.27. The average Bonchev–Trinajstić information content (AvgIpc) is 3.13. The molecule has 1 aromatic heterocycles. The standard InChI is InChI=1S/C22H22N/c1-14-11-17-18(12-15(14)2)21(3)13-22(21,4)23-19-8-6-5-7-16(19)9-10-20(17)23/h5-12H,13H2,1-4H3/q+1. The van der Waals surface area contributed by atoms with Crippen LogP contribution in [0.1, 0.15) is 37.0 Å². The lowest BCUT2D eigenvalue weighted by Crippen LogP contribution is -2.53. The van der Waals surface area contributed by atoms with Crippen molar-refractivity contribution in [3.05, 3.63) is 65.2 Å². The smallest absolute Gasteiger partial charge is 0.185 e. The quantitative estimate of drug-likeness (QED) is 0.525. The normalized spacial score (nSPS) is 27.3. The summed E-state index contributed by atoms with van der Waals surface area (Å²) in [7, 11) is 0. The van der Waals surface area contributed by atoms with E-state index >= 15 is 0 Å². The Morgan fingerprint density at radius 1 is 0.913 bits per heavy atom. The minimum absolute atomic E-state index is 0.192. The minimum atomic E-state index is 0.192. The summed E-state index contributed by atoms with van der Waals surface area (Å²) in [5.74, 6) is 0. The lowest BCUT2D eigenvalue weighted by molar-refractivity contribution is -0.707. The van der Waals surface area contributed by atoms with Crippen LogP contribution in [0.4, 0.5) is 0 Å². The van der Waals surface area contributed by atoms with Crippen molar-refractivity contribution in [2.24, 2.45) is 0 Å². The maximum Gasteiger partial charge on any atom is 0.213 e. The van der Waals surface area contributed by atoms with Crippen molar-refractivity contribution in [3.63, 3.8) is 0 Å². The van der Waals surface area contributed by atoms with E-state index in [9.17, 15) is 0 Å². The van der Waals surface area contributed by atoms with Gasteiger partial charge in [0.05, 0.1) is 11.0 Å². The number of aromatic nitrogens is 1. The zero-order valence-corrected chi connectivity index (χ0v) is 14.3. The second-order valence-corrected chi connectivity index (χ2v) is 7.88. The number of rotatable bonds is 0. The van der Waals surface area contributed by atoms with Crippen molar-refractivity contribution in [1.82, 2.24) is 0 Å². The van der Waals surface area contributed by atoms with Gasteiger partial charge in [0.1, 0.15) is 0 Å². The van der Waals surface area contributed by atoms with E-state index in [0.29, 0.717) is 0 Å². The first kappa shape index (κ1) is 13.3. The molecule has 2 aliphatic rings. The second kappa shape index (κ2) is 3.84. The van der Waals surface area contributed by atoms with Gasteiger partial charge in [0.2, 0.25) is 11.2 Å². The van der Waals surface area contributed by atoms with Crippen LogP contribution in [0.15, 0.2) is 48.5 Å². The van der Waals surface area contributed by atoms with E-state index in [1.807, 2.05) is 0 Å². The molecular weight excluding hydrogens is 278 g/mol. The van der Waals surface area contributed by atoms with Crippen molar-refractivity contribution in [2.75, 3.05) is 0 Å². The Morgan fingerprint density at radius 3 is 2.48 bits per heavy atom. The minimum Gasteiger partial charge on any atom is -0.185 e. The molecule has 2 aromatic carbocycles. The number of nitrogens with zero attached hydrogens (tertiary/aromatic N) is 1. The van der Waals surface area contributed by atoms with Crippen LogP contribution < -0.4 is 4.57 Å². The third-order valence-electron chi connectivity index (χ3n) is 6.60. The zero-order valence-electron chi connectivity index (χ0n) is 14.3. The number of pyridine rings is 1. The molecule has 0 N–H and O–H groups in total. The van der Waals surface area contributed by atoms with Gasteiger partial charge in [-0.2, -0.15) is 4.57 Å². The predicted molar refractivity (Wildman–Crippen MR) is 94.7 cm³/mol. The molecule has 1 fully saturated rings. The fraction of sp³-hybridized carbons (Fsp3) is 0.318. The van der Waals surface area contributed by atoms with Crippen LogP contribution in [0.2, 0.25) is 0 Å². The van der Waals surface area contributed by atoms with Crippen LogP contribution in [0.3, 0.4) is 0 Å². The van der Waals surface area contributed by atoms with Crippen LogP contribution in [0.5, 0.6) is 0 Å². The SMILES string of the molecule is Cc1cc2c(cc1C)C1(C)CC1(C)[n+]1c-2ccc2ccccc21. The van der Waals surface area contributed by atoms with Gasteiger partial charge in [0.25, 0.3) is 0 Å². The molecule has 0 amide bonds. The molecule has 0 saturated heterocycles. The molecule has 3 aromatic rings. The maximum absolute atomic E-state index is 2.61. The van der Waals surface area contributed by atoms with Crippen LogP contribution in [-0.2, 0) is 11.0 Å². The van der Waals surface area contributed by atoms with E-state index in [0.717, 1.165) is 0 Å². The number of hydrogen-bond acceptors (Lipinski definition) is 0. The van der Waals surface area contributed by atoms with Gasteiger partial charge >= 0.3 is 0 Å². The summed E-state index contributed by atoms with van der Waals surface area (Å²) in [6, 6.07) is 18.2. The van der Waals surface area contributed by atoms with Crippen LogP contribution in [-0.4, -0.2) is 0 Å². The fourth-order valence-corrected chi connectivity index (χ4v) is 4.79. The first-order valence-corrected chi connectivity index (χ1v) is 8.52. The molecular formula is C22H22N+. The van der Waals surface area contributed by atoms with Gasteiger partial charge < -0.3 is 0 Å². The highest BCUT2D eigenvalue weighted by Gasteiger charge is 2.73. The molecule has 0 bridgehead atoms. The van der Waals surface area contributed by atoms with Gasteiger partial charge in [-0.05, 0) is 55.7 Å². The van der Waals surface area contributed by atoms with Crippen molar-refractivity contribution in [1.29, 1.82) is 0 Å². The molecule has 0 radical (unpaired) electrons. The van der Waals surface area contributed by atoms with Crippen LogP contribution in [0.25, 0.3) is 22.2 Å².